The van der Waals surface area contributed by atoms with E-state index in [0.717, 1.165) is 19.3 Å². The van der Waals surface area contributed by atoms with E-state index in [1.165, 1.54) is 64.2 Å². The number of hydrogen-bond acceptors (Lipinski definition) is 3. The van der Waals surface area contributed by atoms with Crippen LogP contribution < -0.4 is 0 Å². The molecule has 1 unspecified atom stereocenters. The van der Waals surface area contributed by atoms with Crippen molar-refractivity contribution in [2.45, 2.75) is 109 Å². The van der Waals surface area contributed by atoms with E-state index >= 15 is 0 Å². The van der Waals surface area contributed by atoms with Crippen molar-refractivity contribution in [2.75, 3.05) is 27.7 Å². The summed E-state index contributed by atoms with van der Waals surface area (Å²) in [6, 6.07) is 0. The van der Waals surface area contributed by atoms with Crippen LogP contribution in [0.1, 0.15) is 103 Å². The van der Waals surface area contributed by atoms with Crippen LogP contribution in [0.4, 0.5) is 0 Å². The van der Waals surface area contributed by atoms with E-state index in [1.54, 1.807) is 0 Å². The van der Waals surface area contributed by atoms with E-state index in [4.69, 9.17) is 5.11 Å². The number of rotatable bonds is 19. The molecule has 0 aromatic heterocycles. The molecular formula is C23H46NO4+. The van der Waals surface area contributed by atoms with Gasteiger partial charge in [-0.3, -0.25) is 9.59 Å². The van der Waals surface area contributed by atoms with E-state index < -0.39 is 18.0 Å². The Bertz CT molecular complexity index is 431. The number of carboxylic acids is 1. The van der Waals surface area contributed by atoms with Gasteiger partial charge in [0.15, 0.2) is 11.4 Å². The van der Waals surface area contributed by atoms with Crippen molar-refractivity contribution in [3.63, 3.8) is 0 Å². The average molecular weight is 403 g/mol. The predicted octanol–water partition coefficient (Wildman–Crippen LogP) is 4.95. The summed E-state index contributed by atoms with van der Waals surface area (Å²) in [5, 5.41) is 19.7. The first-order valence-corrected chi connectivity index (χ1v) is 11.4. The third-order valence-electron chi connectivity index (χ3n) is 5.21. The van der Waals surface area contributed by atoms with Gasteiger partial charge in [-0.05, 0) is 6.42 Å². The number of likely N-dealkylation sites (N-methyl/N-ethyl adjacent to an activating group) is 1. The van der Waals surface area contributed by atoms with Crippen LogP contribution in [0.15, 0.2) is 0 Å². The molecule has 28 heavy (non-hydrogen) atoms. The number of hydrogen-bond donors (Lipinski definition) is 2. The van der Waals surface area contributed by atoms with Gasteiger partial charge in [-0.25, -0.2) is 0 Å². The van der Waals surface area contributed by atoms with Crippen molar-refractivity contribution in [3.05, 3.63) is 0 Å². The van der Waals surface area contributed by atoms with Gasteiger partial charge >= 0.3 is 5.97 Å². The van der Waals surface area contributed by atoms with Gasteiger partial charge < -0.3 is 14.7 Å². The molecule has 0 bridgehead atoms. The fraction of sp³-hybridized carbons (Fsp3) is 0.913. The lowest BCUT2D eigenvalue weighted by Gasteiger charge is -2.33. The molecule has 5 nitrogen and oxygen atoms in total. The number of quaternary nitrogens is 1. The maximum atomic E-state index is 12.5. The summed E-state index contributed by atoms with van der Waals surface area (Å²) in [5.74, 6) is -1.46. The SMILES string of the molecule is CCCCCCCCCCCCCCC[14C](=O)C(O)(CC(=O)O)C[N+](C)(C)C. The Hall–Kier alpha value is -0.940. The Morgan fingerprint density at radius 3 is 1.57 bits per heavy atom. The fourth-order valence-electron chi connectivity index (χ4n) is 3.81. The summed E-state index contributed by atoms with van der Waals surface area (Å²) in [4.78, 5) is 23.5. The van der Waals surface area contributed by atoms with Gasteiger partial charge in [-0.15, -0.1) is 0 Å². The smallest absolute Gasteiger partial charge is 0.306 e. The monoisotopic (exact) mass is 402 g/mol. The first-order valence-electron chi connectivity index (χ1n) is 11.4. The molecule has 0 fully saturated rings. The first kappa shape index (κ1) is 27.1. The largest absolute Gasteiger partial charge is 0.481 e. The lowest BCUT2D eigenvalue weighted by molar-refractivity contribution is -0.875. The third-order valence-corrected chi connectivity index (χ3v) is 5.21. The number of aliphatic carboxylic acids is 1. The van der Waals surface area contributed by atoms with Gasteiger partial charge in [0.05, 0.1) is 27.6 Å². The summed E-state index contributed by atoms with van der Waals surface area (Å²) in [5.41, 5.74) is -1.76. The maximum absolute atomic E-state index is 12.5. The lowest BCUT2D eigenvalue weighted by Crippen LogP contribution is -2.54. The summed E-state index contributed by atoms with van der Waals surface area (Å²) in [6.45, 7) is 2.37. The number of nitrogens with zero attached hydrogens (tertiary/aromatic N) is 1. The van der Waals surface area contributed by atoms with Crippen LogP contribution >= 0.6 is 0 Å². The molecule has 0 aromatic rings. The number of ketones is 1. The van der Waals surface area contributed by atoms with E-state index in [-0.39, 0.29) is 18.7 Å². The van der Waals surface area contributed by atoms with Gasteiger partial charge in [0.1, 0.15) is 6.54 Å². The Labute approximate surface area is 173 Å². The van der Waals surface area contributed by atoms with E-state index in [9.17, 15) is 14.7 Å². The number of carboxylic acid groups (broad SMARTS) is 1. The highest BCUT2D eigenvalue weighted by molar-refractivity contribution is 5.90. The fourth-order valence-corrected chi connectivity index (χ4v) is 3.81. The Kier molecular flexibility index (Phi) is 14.5. The Morgan fingerprint density at radius 1 is 0.821 bits per heavy atom. The van der Waals surface area contributed by atoms with Gasteiger partial charge in [-0.2, -0.15) is 0 Å². The molecule has 0 aliphatic heterocycles. The molecule has 0 aliphatic rings. The second-order valence-electron chi connectivity index (χ2n) is 9.47. The Balaban J connectivity index is 3.85. The summed E-state index contributed by atoms with van der Waals surface area (Å²) >= 11 is 0. The number of carbonyl (C=O) groups is 2. The molecule has 166 valence electrons. The normalized spacial score (nSPS) is 14.0. The van der Waals surface area contributed by atoms with Crippen LogP contribution in [0, 0.1) is 0 Å². The molecule has 0 spiro atoms. The van der Waals surface area contributed by atoms with Crippen LogP contribution in [0.5, 0.6) is 0 Å². The Morgan fingerprint density at radius 2 is 1.21 bits per heavy atom. The zero-order chi connectivity index (χ0) is 21.5. The molecule has 0 saturated heterocycles. The van der Waals surface area contributed by atoms with Crippen molar-refractivity contribution in [1.82, 2.24) is 0 Å². The van der Waals surface area contributed by atoms with Gasteiger partial charge in [0, 0.05) is 6.42 Å². The second-order valence-corrected chi connectivity index (χ2v) is 9.47. The lowest BCUT2D eigenvalue weighted by atomic mass is 10.0. The highest BCUT2D eigenvalue weighted by Crippen LogP contribution is 2.20. The molecule has 1 atom stereocenters. The second kappa shape index (κ2) is 15.0. The average Bonchev–Trinajstić information content (AvgIpc) is 2.56. The van der Waals surface area contributed by atoms with Crippen LogP contribution in [0.25, 0.3) is 0 Å². The van der Waals surface area contributed by atoms with E-state index in [1.807, 2.05) is 21.1 Å². The molecule has 0 aromatic carbocycles. The van der Waals surface area contributed by atoms with Crippen molar-refractivity contribution < 1.29 is 24.3 Å². The van der Waals surface area contributed by atoms with E-state index in [0.29, 0.717) is 4.48 Å². The van der Waals surface area contributed by atoms with Gasteiger partial charge in [0.2, 0.25) is 0 Å². The topological polar surface area (TPSA) is 74.6 Å². The van der Waals surface area contributed by atoms with Crippen molar-refractivity contribution in [3.8, 4) is 0 Å². The van der Waals surface area contributed by atoms with Crippen LogP contribution in [0.2, 0.25) is 0 Å². The minimum atomic E-state index is -1.76. The number of aliphatic hydroxyl groups is 1. The molecule has 5 heteroatoms. The third kappa shape index (κ3) is 15.0. The molecule has 0 saturated carbocycles. The zero-order valence-electron chi connectivity index (χ0n) is 19.0. The van der Waals surface area contributed by atoms with Gasteiger partial charge in [-0.1, -0.05) is 84.0 Å². The minimum Gasteiger partial charge on any atom is -0.481 e. The molecule has 0 aliphatic carbocycles. The van der Waals surface area contributed by atoms with E-state index in [2.05, 4.69) is 6.92 Å². The number of carbonyl (C=O) groups excluding carboxylic acids is 1. The molecular weight excluding hydrogens is 356 g/mol. The number of Topliss-reactive ketones (excluding diaryl/α,β-unsaturated/α-hetero) is 1. The maximum Gasteiger partial charge on any atom is 0.306 e. The van der Waals surface area contributed by atoms with Crippen molar-refractivity contribution in [1.29, 1.82) is 0 Å². The molecule has 0 rings (SSSR count). The standard InChI is InChI=1S/C23H45NO4/c1-5-6-7-8-9-10-11-12-13-14-15-16-17-18-21(25)23(28,19-22(26)27)20-24(2,3)4/h28H,5-20H2,1-4H3/p+1/i21+2. The zero-order valence-corrected chi connectivity index (χ0v) is 19.0. The molecule has 2 N–H and O–H groups in total. The first-order chi connectivity index (χ1) is 13.1. The highest BCUT2D eigenvalue weighted by atomic mass is 16.4. The highest BCUT2D eigenvalue weighted by Gasteiger charge is 2.42. The van der Waals surface area contributed by atoms with Crippen LogP contribution in [-0.4, -0.2) is 59.7 Å². The van der Waals surface area contributed by atoms with Gasteiger partial charge in [0.25, 0.3) is 0 Å². The quantitative estimate of drug-likeness (QED) is 0.237. The summed E-state index contributed by atoms with van der Waals surface area (Å²) < 4.78 is 0.355. The van der Waals surface area contributed by atoms with Crippen molar-refractivity contribution >= 4 is 11.8 Å². The summed E-state index contributed by atoms with van der Waals surface area (Å²) in [6.07, 6.45) is 15.8. The molecule has 0 heterocycles. The van der Waals surface area contributed by atoms with Crippen LogP contribution in [0.3, 0.4) is 0 Å². The predicted molar refractivity (Wildman–Crippen MR) is 115 cm³/mol. The number of unbranched alkanes of at least 4 members (excludes halogenated alkanes) is 12. The molecule has 0 radical (unpaired) electrons. The molecule has 0 amide bonds. The van der Waals surface area contributed by atoms with Crippen LogP contribution in [-0.2, 0) is 9.59 Å². The van der Waals surface area contributed by atoms with Crippen molar-refractivity contribution in [2.24, 2.45) is 0 Å². The minimum absolute atomic E-state index is 0.122. The summed E-state index contributed by atoms with van der Waals surface area (Å²) in [7, 11) is 5.56.